The second-order valence-corrected chi connectivity index (χ2v) is 8.33. The van der Waals surface area contributed by atoms with E-state index in [0.29, 0.717) is 22.9 Å². The number of aliphatic hydroxyl groups excluding tert-OH is 1. The Kier molecular flexibility index (Phi) is 8.06. The lowest BCUT2D eigenvalue weighted by Gasteiger charge is -2.26. The number of phenols is 1. The van der Waals surface area contributed by atoms with Gasteiger partial charge in [0.2, 0.25) is 0 Å². The smallest absolute Gasteiger partial charge is 0.295 e. The van der Waals surface area contributed by atoms with Gasteiger partial charge in [-0.3, -0.25) is 9.59 Å². The first-order valence-corrected chi connectivity index (χ1v) is 11.3. The van der Waals surface area contributed by atoms with Crippen LogP contribution < -0.4 is 9.47 Å². The minimum Gasteiger partial charge on any atom is -0.507 e. The van der Waals surface area contributed by atoms with Crippen molar-refractivity contribution in [2.75, 3.05) is 26.9 Å². The maximum atomic E-state index is 13.1. The van der Waals surface area contributed by atoms with Crippen LogP contribution in [-0.2, 0) is 14.3 Å². The Labute approximate surface area is 203 Å². The Morgan fingerprint density at radius 3 is 2.50 bits per heavy atom. The van der Waals surface area contributed by atoms with Crippen molar-refractivity contribution in [3.05, 3.63) is 58.1 Å². The Hall–Kier alpha value is -3.23. The van der Waals surface area contributed by atoms with Gasteiger partial charge in [0.1, 0.15) is 11.5 Å². The number of rotatable bonds is 9. The molecule has 0 aromatic heterocycles. The number of methoxy groups -OCH3 is 1. The number of phenolic OH excluding ortho intramolecular Hbond substituents is 1. The maximum absolute atomic E-state index is 13.1. The van der Waals surface area contributed by atoms with Crippen LogP contribution in [-0.4, -0.2) is 59.8 Å². The molecule has 1 fully saturated rings. The molecule has 9 heteroatoms. The van der Waals surface area contributed by atoms with Gasteiger partial charge in [0.05, 0.1) is 43.1 Å². The van der Waals surface area contributed by atoms with Crippen molar-refractivity contribution in [3.8, 4) is 17.2 Å². The summed E-state index contributed by atoms with van der Waals surface area (Å²) in [7, 11) is 1.42. The number of carbonyl (C=O) groups excluding carboxylic acids is 2. The zero-order valence-electron chi connectivity index (χ0n) is 19.5. The zero-order chi connectivity index (χ0) is 25.0. The number of likely N-dealkylation sites (tertiary alicyclic amines) is 1. The number of amides is 1. The molecule has 1 saturated heterocycles. The fourth-order valence-corrected chi connectivity index (χ4v) is 3.97. The number of benzene rings is 2. The highest BCUT2D eigenvalue weighted by atomic mass is 35.5. The molecule has 1 aliphatic heterocycles. The number of halogens is 1. The predicted octanol–water partition coefficient (Wildman–Crippen LogP) is 4.30. The second-order valence-electron chi connectivity index (χ2n) is 7.92. The molecular formula is C25H28ClNO7. The number of aromatic hydroxyl groups is 1. The summed E-state index contributed by atoms with van der Waals surface area (Å²) in [6.45, 7) is 6.19. The van der Waals surface area contributed by atoms with Crippen LogP contribution in [0.4, 0.5) is 0 Å². The monoisotopic (exact) mass is 489 g/mol. The summed E-state index contributed by atoms with van der Waals surface area (Å²) in [6.07, 6.45) is -0.0636. The van der Waals surface area contributed by atoms with Crippen LogP contribution in [0.15, 0.2) is 42.0 Å². The molecule has 1 aliphatic rings. The number of hydrogen-bond donors (Lipinski definition) is 2. The summed E-state index contributed by atoms with van der Waals surface area (Å²) in [4.78, 5) is 27.4. The average molecular weight is 490 g/mol. The number of hydrogen-bond acceptors (Lipinski definition) is 7. The quantitative estimate of drug-likeness (QED) is 0.307. The van der Waals surface area contributed by atoms with Gasteiger partial charge >= 0.3 is 0 Å². The van der Waals surface area contributed by atoms with Crippen molar-refractivity contribution in [3.63, 3.8) is 0 Å². The van der Waals surface area contributed by atoms with Gasteiger partial charge in [-0.2, -0.15) is 0 Å². The zero-order valence-corrected chi connectivity index (χ0v) is 20.3. The summed E-state index contributed by atoms with van der Waals surface area (Å²) in [5.74, 6) is -1.56. The molecule has 1 amide bonds. The van der Waals surface area contributed by atoms with Gasteiger partial charge in [-0.25, -0.2) is 0 Å². The van der Waals surface area contributed by atoms with Gasteiger partial charge < -0.3 is 29.3 Å². The van der Waals surface area contributed by atoms with Crippen molar-refractivity contribution in [1.29, 1.82) is 0 Å². The lowest BCUT2D eigenvalue weighted by molar-refractivity contribution is -0.140. The second kappa shape index (κ2) is 10.8. The molecule has 34 heavy (non-hydrogen) atoms. The number of ether oxygens (including phenoxy) is 3. The highest BCUT2D eigenvalue weighted by molar-refractivity contribution is 6.46. The number of ketones is 1. The van der Waals surface area contributed by atoms with E-state index < -0.39 is 17.7 Å². The average Bonchev–Trinajstić information content (AvgIpc) is 3.05. The fourth-order valence-electron chi connectivity index (χ4n) is 3.79. The molecule has 0 aliphatic carbocycles. The number of carbonyl (C=O) groups is 2. The topological polar surface area (TPSA) is 106 Å². The van der Waals surface area contributed by atoms with Crippen molar-refractivity contribution >= 4 is 29.1 Å². The molecule has 182 valence electrons. The number of nitrogens with zero attached hydrogens (tertiary/aromatic N) is 1. The summed E-state index contributed by atoms with van der Waals surface area (Å²) < 4.78 is 16.2. The van der Waals surface area contributed by atoms with Gasteiger partial charge in [-0.1, -0.05) is 17.7 Å². The third kappa shape index (κ3) is 5.13. The minimum atomic E-state index is -0.946. The highest BCUT2D eigenvalue weighted by Gasteiger charge is 2.46. The fraction of sp³-hybridized carbons (Fsp3) is 0.360. The SMILES string of the molecule is CCOc1cc(/C(O)=C2/C(=O)C(=O)N(CCOC(C)C)C2c2ccc(OC)c(O)c2)ccc1Cl. The molecule has 1 atom stereocenters. The van der Waals surface area contributed by atoms with E-state index in [1.807, 2.05) is 13.8 Å². The van der Waals surface area contributed by atoms with E-state index in [9.17, 15) is 19.8 Å². The van der Waals surface area contributed by atoms with E-state index in [2.05, 4.69) is 0 Å². The van der Waals surface area contributed by atoms with Crippen LogP contribution in [0.1, 0.15) is 37.9 Å². The predicted molar refractivity (Wildman–Crippen MR) is 127 cm³/mol. The summed E-state index contributed by atoms with van der Waals surface area (Å²) in [5.41, 5.74) is 0.596. The van der Waals surface area contributed by atoms with Crippen molar-refractivity contribution in [1.82, 2.24) is 4.90 Å². The molecule has 0 radical (unpaired) electrons. The standard InChI is InChI=1S/C25H28ClNO7/c1-5-33-20-13-16(6-8-17(20)26)23(29)21-22(15-7-9-19(32-4)18(28)12-15)27(25(31)24(21)30)10-11-34-14(2)3/h6-9,12-14,22,28-29H,5,10-11H2,1-4H3/b23-21-. The van der Waals surface area contributed by atoms with E-state index in [0.717, 1.165) is 0 Å². The van der Waals surface area contributed by atoms with Crippen LogP contribution >= 0.6 is 11.6 Å². The van der Waals surface area contributed by atoms with E-state index in [1.165, 1.54) is 36.3 Å². The molecule has 0 saturated carbocycles. The van der Waals surface area contributed by atoms with E-state index in [-0.39, 0.29) is 47.7 Å². The largest absolute Gasteiger partial charge is 0.507 e. The highest BCUT2D eigenvalue weighted by Crippen LogP contribution is 2.42. The van der Waals surface area contributed by atoms with Gasteiger partial charge in [-0.15, -0.1) is 0 Å². The Balaban J connectivity index is 2.14. The van der Waals surface area contributed by atoms with Crippen molar-refractivity contribution in [2.24, 2.45) is 0 Å². The van der Waals surface area contributed by atoms with Gasteiger partial charge in [0.25, 0.3) is 11.7 Å². The molecule has 8 nitrogen and oxygen atoms in total. The normalized spacial score (nSPS) is 17.5. The molecule has 0 spiro atoms. The van der Waals surface area contributed by atoms with Gasteiger partial charge in [-0.05, 0) is 56.7 Å². The van der Waals surface area contributed by atoms with Crippen LogP contribution in [0.3, 0.4) is 0 Å². The van der Waals surface area contributed by atoms with Crippen LogP contribution in [0.5, 0.6) is 17.2 Å². The molecule has 2 aromatic rings. The minimum absolute atomic E-state index is 0.0636. The number of Topliss-reactive ketones (excluding diaryl/α,β-unsaturated/α-hetero) is 1. The van der Waals surface area contributed by atoms with E-state index >= 15 is 0 Å². The van der Waals surface area contributed by atoms with Gasteiger partial charge in [0, 0.05) is 12.1 Å². The first-order chi connectivity index (χ1) is 16.2. The number of aliphatic hydroxyl groups is 1. The summed E-state index contributed by atoms with van der Waals surface area (Å²) in [6, 6.07) is 8.22. The van der Waals surface area contributed by atoms with E-state index in [1.54, 1.807) is 19.1 Å². The first kappa shape index (κ1) is 25.4. The Bertz CT molecular complexity index is 1110. The molecule has 3 rings (SSSR count). The van der Waals surface area contributed by atoms with Crippen molar-refractivity contribution < 1.29 is 34.0 Å². The van der Waals surface area contributed by atoms with Crippen LogP contribution in [0.2, 0.25) is 5.02 Å². The molecule has 2 aromatic carbocycles. The van der Waals surface area contributed by atoms with E-state index in [4.69, 9.17) is 25.8 Å². The molecule has 1 unspecified atom stereocenters. The van der Waals surface area contributed by atoms with Gasteiger partial charge in [0.15, 0.2) is 11.5 Å². The molecular weight excluding hydrogens is 462 g/mol. The Morgan fingerprint density at radius 2 is 1.88 bits per heavy atom. The molecule has 2 N–H and O–H groups in total. The lowest BCUT2D eigenvalue weighted by Crippen LogP contribution is -2.33. The van der Waals surface area contributed by atoms with Crippen molar-refractivity contribution in [2.45, 2.75) is 32.9 Å². The molecule has 0 bridgehead atoms. The van der Waals surface area contributed by atoms with Crippen LogP contribution in [0, 0.1) is 0 Å². The lowest BCUT2D eigenvalue weighted by atomic mass is 9.95. The first-order valence-electron chi connectivity index (χ1n) is 10.9. The molecule has 1 heterocycles. The maximum Gasteiger partial charge on any atom is 0.295 e. The third-order valence-electron chi connectivity index (χ3n) is 5.35. The summed E-state index contributed by atoms with van der Waals surface area (Å²) in [5, 5.41) is 21.9. The third-order valence-corrected chi connectivity index (χ3v) is 5.66. The van der Waals surface area contributed by atoms with Crippen LogP contribution in [0.25, 0.3) is 5.76 Å². The Morgan fingerprint density at radius 1 is 1.15 bits per heavy atom. The summed E-state index contributed by atoms with van der Waals surface area (Å²) >= 11 is 6.16.